The average molecular weight is 478 g/mol. The lowest BCUT2D eigenvalue weighted by atomic mass is 10.1. The molecule has 0 aliphatic carbocycles. The number of nitrogens with zero attached hydrogens (tertiary/aromatic N) is 3. The number of H-pyrrole nitrogens is 1. The monoisotopic (exact) mass is 477 g/mol. The highest BCUT2D eigenvalue weighted by Gasteiger charge is 2.13. The molecular formula is C26H31N5O2S. The number of aryl methyl sites for hydroxylation is 1. The molecule has 0 bridgehead atoms. The van der Waals surface area contributed by atoms with Crippen molar-refractivity contribution in [2.75, 3.05) is 31.6 Å². The van der Waals surface area contributed by atoms with Gasteiger partial charge in [0.1, 0.15) is 18.2 Å². The van der Waals surface area contributed by atoms with Gasteiger partial charge < -0.3 is 15.0 Å². The van der Waals surface area contributed by atoms with E-state index in [1.807, 2.05) is 62.5 Å². The van der Waals surface area contributed by atoms with Crippen LogP contribution < -0.4 is 15.6 Å². The third-order valence-electron chi connectivity index (χ3n) is 5.63. The average Bonchev–Trinajstić information content (AvgIpc) is 3.53. The quantitative estimate of drug-likeness (QED) is 0.361. The number of pyridine rings is 2. The highest BCUT2D eigenvalue weighted by molar-refractivity contribution is 7.09. The molecule has 0 atom stereocenters. The third kappa shape index (κ3) is 5.63. The van der Waals surface area contributed by atoms with Crippen molar-refractivity contribution in [1.82, 2.24) is 19.9 Å². The van der Waals surface area contributed by atoms with Crippen molar-refractivity contribution >= 4 is 33.6 Å². The van der Waals surface area contributed by atoms with Crippen LogP contribution >= 0.6 is 11.3 Å². The molecule has 1 aliphatic heterocycles. The first-order chi connectivity index (χ1) is 16.7. The fourth-order valence-corrected chi connectivity index (χ4v) is 4.59. The molecule has 34 heavy (non-hydrogen) atoms. The maximum absolute atomic E-state index is 12.5. The van der Waals surface area contributed by atoms with Gasteiger partial charge in [0.25, 0.3) is 5.56 Å². The second-order valence-electron chi connectivity index (χ2n) is 7.93. The zero-order valence-electron chi connectivity index (χ0n) is 19.9. The molecule has 4 aromatic rings. The molecule has 178 valence electrons. The number of thiazole rings is 1. The number of hydrogen-bond donors (Lipinski definition) is 2. The van der Waals surface area contributed by atoms with Gasteiger partial charge >= 0.3 is 0 Å². The molecule has 1 aromatic carbocycles. The Morgan fingerprint density at radius 2 is 1.85 bits per heavy atom. The van der Waals surface area contributed by atoms with E-state index in [0.29, 0.717) is 17.8 Å². The first kappa shape index (κ1) is 23.9. The van der Waals surface area contributed by atoms with Crippen molar-refractivity contribution in [3.63, 3.8) is 0 Å². The van der Waals surface area contributed by atoms with Crippen LogP contribution in [0, 0.1) is 6.92 Å². The number of nitrogens with one attached hydrogen (secondary N) is 2. The van der Waals surface area contributed by atoms with Gasteiger partial charge in [0, 0.05) is 23.8 Å². The van der Waals surface area contributed by atoms with Crippen molar-refractivity contribution in [2.45, 2.75) is 33.6 Å². The van der Waals surface area contributed by atoms with E-state index in [9.17, 15) is 4.79 Å². The fraction of sp³-hybridized carbons (Fsp3) is 0.346. The lowest BCUT2D eigenvalue weighted by molar-refractivity contribution is 0.238. The SMILES string of the molecule is CC.Cc1nc(-c2cc3cc[nH]c(=O)c3c(Nc3ccc(OCCN4CCCC4)cc3)n2)cs1. The lowest BCUT2D eigenvalue weighted by Gasteiger charge is -2.15. The Balaban J connectivity index is 0.00000133. The van der Waals surface area contributed by atoms with Crippen LogP contribution in [0.25, 0.3) is 22.2 Å². The summed E-state index contributed by atoms with van der Waals surface area (Å²) >= 11 is 1.58. The summed E-state index contributed by atoms with van der Waals surface area (Å²) in [5.74, 6) is 1.34. The van der Waals surface area contributed by atoms with Crippen LogP contribution in [-0.2, 0) is 0 Å². The molecule has 2 N–H and O–H groups in total. The summed E-state index contributed by atoms with van der Waals surface area (Å²) in [5.41, 5.74) is 2.19. The fourth-order valence-electron chi connectivity index (χ4n) is 3.99. The molecule has 5 rings (SSSR count). The van der Waals surface area contributed by atoms with Crippen LogP contribution in [-0.4, -0.2) is 46.1 Å². The largest absolute Gasteiger partial charge is 0.492 e. The second-order valence-corrected chi connectivity index (χ2v) is 8.99. The van der Waals surface area contributed by atoms with E-state index < -0.39 is 0 Å². The number of likely N-dealkylation sites (tertiary alicyclic amines) is 1. The zero-order valence-corrected chi connectivity index (χ0v) is 20.7. The minimum Gasteiger partial charge on any atom is -0.492 e. The molecular weight excluding hydrogens is 446 g/mol. The number of rotatable bonds is 7. The van der Waals surface area contributed by atoms with Crippen LogP contribution in [0.3, 0.4) is 0 Å². The third-order valence-corrected chi connectivity index (χ3v) is 6.40. The first-order valence-corrected chi connectivity index (χ1v) is 12.7. The smallest absolute Gasteiger partial charge is 0.259 e. The summed E-state index contributed by atoms with van der Waals surface area (Å²) in [4.78, 5) is 27.0. The maximum atomic E-state index is 12.5. The molecule has 0 amide bonds. The van der Waals surface area contributed by atoms with E-state index in [0.717, 1.165) is 39.8 Å². The van der Waals surface area contributed by atoms with E-state index in [1.165, 1.54) is 25.9 Å². The number of fused-ring (bicyclic) bond motifs is 1. The Kier molecular flexibility index (Phi) is 7.92. The minimum atomic E-state index is -0.180. The lowest BCUT2D eigenvalue weighted by Crippen LogP contribution is -2.25. The molecule has 1 fully saturated rings. The standard InChI is InChI=1S/C24H25N5O2S.C2H6/c1-16-26-21(15-32-16)20-14-17-8-9-25-24(30)22(17)23(28-20)27-18-4-6-19(7-5-18)31-13-12-29-10-2-3-11-29;1-2/h4-9,14-15H,2-3,10-13H2,1H3,(H,25,30)(H,27,28);1-2H3. The van der Waals surface area contributed by atoms with Gasteiger partial charge in [0.05, 0.1) is 21.8 Å². The topological polar surface area (TPSA) is 83.1 Å². The Morgan fingerprint density at radius 1 is 1.09 bits per heavy atom. The summed E-state index contributed by atoms with van der Waals surface area (Å²) in [6, 6.07) is 11.5. The predicted molar refractivity (Wildman–Crippen MR) is 140 cm³/mol. The van der Waals surface area contributed by atoms with E-state index in [-0.39, 0.29) is 5.56 Å². The van der Waals surface area contributed by atoms with Crippen LogP contribution in [0.15, 0.2) is 52.8 Å². The van der Waals surface area contributed by atoms with Crippen molar-refractivity contribution in [1.29, 1.82) is 0 Å². The van der Waals surface area contributed by atoms with Gasteiger partial charge in [-0.25, -0.2) is 9.97 Å². The second kappa shape index (κ2) is 11.3. The molecule has 0 radical (unpaired) electrons. The maximum Gasteiger partial charge on any atom is 0.259 e. The van der Waals surface area contributed by atoms with Gasteiger partial charge in [-0.05, 0) is 74.6 Å². The molecule has 7 nitrogen and oxygen atoms in total. The summed E-state index contributed by atoms with van der Waals surface area (Å²) in [6.07, 6.45) is 4.23. The molecule has 1 aliphatic rings. The van der Waals surface area contributed by atoms with Crippen LogP contribution in [0.2, 0.25) is 0 Å². The van der Waals surface area contributed by atoms with Crippen LogP contribution in [0.1, 0.15) is 31.7 Å². The number of aromatic amines is 1. The predicted octanol–water partition coefficient (Wildman–Crippen LogP) is 5.60. The van der Waals surface area contributed by atoms with Crippen molar-refractivity contribution in [2.24, 2.45) is 0 Å². The summed E-state index contributed by atoms with van der Waals surface area (Å²) in [5, 5.41) is 7.61. The van der Waals surface area contributed by atoms with Gasteiger partial charge in [-0.2, -0.15) is 0 Å². The molecule has 1 saturated heterocycles. The van der Waals surface area contributed by atoms with Crippen LogP contribution in [0.4, 0.5) is 11.5 Å². The van der Waals surface area contributed by atoms with Gasteiger partial charge in [-0.3, -0.25) is 9.69 Å². The van der Waals surface area contributed by atoms with Crippen molar-refractivity contribution in [3.05, 3.63) is 63.3 Å². The molecule has 0 saturated carbocycles. The van der Waals surface area contributed by atoms with Crippen molar-refractivity contribution < 1.29 is 4.74 Å². The zero-order chi connectivity index (χ0) is 23.9. The normalized spacial score (nSPS) is 13.5. The molecule has 0 unspecified atom stereocenters. The van der Waals surface area contributed by atoms with E-state index in [2.05, 4.69) is 20.2 Å². The molecule has 0 spiro atoms. The number of anilines is 2. The summed E-state index contributed by atoms with van der Waals surface area (Å²) in [6.45, 7) is 9.95. The van der Waals surface area contributed by atoms with E-state index in [4.69, 9.17) is 9.72 Å². The van der Waals surface area contributed by atoms with Gasteiger partial charge in [0.15, 0.2) is 0 Å². The number of benzene rings is 1. The molecule has 3 aromatic heterocycles. The van der Waals surface area contributed by atoms with Gasteiger partial charge in [-0.15, -0.1) is 11.3 Å². The van der Waals surface area contributed by atoms with Gasteiger partial charge in [-0.1, -0.05) is 13.8 Å². The van der Waals surface area contributed by atoms with E-state index in [1.54, 1.807) is 17.5 Å². The Bertz CT molecular complexity index is 1280. The summed E-state index contributed by atoms with van der Waals surface area (Å²) in [7, 11) is 0. The molecule has 4 heterocycles. The number of ether oxygens (including phenoxy) is 1. The van der Waals surface area contributed by atoms with Gasteiger partial charge in [0.2, 0.25) is 0 Å². The minimum absolute atomic E-state index is 0.180. The Morgan fingerprint density at radius 3 is 2.56 bits per heavy atom. The van der Waals surface area contributed by atoms with E-state index >= 15 is 0 Å². The number of hydrogen-bond acceptors (Lipinski definition) is 7. The summed E-state index contributed by atoms with van der Waals surface area (Å²) < 4.78 is 5.89. The number of aromatic nitrogens is 3. The first-order valence-electron chi connectivity index (χ1n) is 11.8. The van der Waals surface area contributed by atoms with Crippen molar-refractivity contribution in [3.8, 4) is 17.1 Å². The highest BCUT2D eigenvalue weighted by Crippen LogP contribution is 2.29. The molecule has 8 heteroatoms. The Hall–Kier alpha value is -3.23. The Labute approximate surface area is 203 Å². The van der Waals surface area contributed by atoms with Crippen LogP contribution in [0.5, 0.6) is 5.75 Å². The highest BCUT2D eigenvalue weighted by atomic mass is 32.1.